The molecule has 2 heterocycles. The molecule has 0 atom stereocenters. The van der Waals surface area contributed by atoms with E-state index in [1.807, 2.05) is 16.8 Å². The van der Waals surface area contributed by atoms with Crippen molar-refractivity contribution in [1.82, 2.24) is 14.5 Å². The zero-order valence-corrected chi connectivity index (χ0v) is 16.4. The van der Waals surface area contributed by atoms with E-state index in [2.05, 4.69) is 11.1 Å². The molecule has 0 radical (unpaired) electrons. The number of hydrogen-bond donors (Lipinski definition) is 2. The Morgan fingerprint density at radius 1 is 1.20 bits per heavy atom. The van der Waals surface area contributed by atoms with Crippen molar-refractivity contribution < 1.29 is 4.92 Å². The van der Waals surface area contributed by atoms with E-state index >= 15 is 0 Å². The van der Waals surface area contributed by atoms with Crippen LogP contribution in [0.1, 0.15) is 24.0 Å². The van der Waals surface area contributed by atoms with Gasteiger partial charge in [0.15, 0.2) is 0 Å². The Morgan fingerprint density at radius 2 is 2.00 bits per heavy atom. The number of aromatic nitrogens is 3. The first-order valence-electron chi connectivity index (χ1n) is 10.1. The third-order valence-electron chi connectivity index (χ3n) is 5.84. The average molecular weight is 403 g/mol. The summed E-state index contributed by atoms with van der Waals surface area (Å²) in [5.74, 6) is 0. The maximum Gasteiger partial charge on any atom is 0.275 e. The van der Waals surface area contributed by atoms with E-state index in [1.165, 1.54) is 23.3 Å². The highest BCUT2D eigenvalue weighted by Crippen LogP contribution is 2.32. The van der Waals surface area contributed by atoms with Crippen LogP contribution in [-0.2, 0) is 19.4 Å². The highest BCUT2D eigenvalue weighted by atomic mass is 16.6. The SMILES string of the molecule is NCCCn1cc(-c2nc3cc4c(cc3[nH]c2=O)CCC4)c2ccc([N+](=O)[O-])cc21. The smallest absolute Gasteiger partial charge is 0.275 e. The van der Waals surface area contributed by atoms with Gasteiger partial charge in [-0.3, -0.25) is 14.9 Å². The summed E-state index contributed by atoms with van der Waals surface area (Å²) in [5, 5.41) is 12.0. The lowest BCUT2D eigenvalue weighted by molar-refractivity contribution is -0.384. The second kappa shape index (κ2) is 7.07. The van der Waals surface area contributed by atoms with Crippen LogP contribution < -0.4 is 11.3 Å². The molecule has 5 rings (SSSR count). The number of aromatic amines is 1. The van der Waals surface area contributed by atoms with Crippen molar-refractivity contribution >= 4 is 27.6 Å². The molecule has 0 saturated heterocycles. The molecule has 1 aliphatic carbocycles. The molecule has 0 spiro atoms. The van der Waals surface area contributed by atoms with Gasteiger partial charge < -0.3 is 15.3 Å². The van der Waals surface area contributed by atoms with Crippen LogP contribution in [0.3, 0.4) is 0 Å². The van der Waals surface area contributed by atoms with Crippen molar-refractivity contribution in [2.75, 3.05) is 6.54 Å². The van der Waals surface area contributed by atoms with E-state index in [1.54, 1.807) is 6.07 Å². The molecule has 2 aromatic carbocycles. The first-order valence-corrected chi connectivity index (χ1v) is 10.1. The number of aryl methyl sites for hydroxylation is 3. The molecule has 4 aromatic rings. The Kier molecular flexibility index (Phi) is 4.36. The molecule has 0 unspecified atom stereocenters. The molecule has 0 fully saturated rings. The first-order chi connectivity index (χ1) is 14.5. The molecule has 0 bridgehead atoms. The summed E-state index contributed by atoms with van der Waals surface area (Å²) in [6.07, 6.45) is 5.75. The lowest BCUT2D eigenvalue weighted by atomic mass is 10.1. The summed E-state index contributed by atoms with van der Waals surface area (Å²) in [7, 11) is 0. The standard InChI is InChI=1S/C22H21N5O3/c23-7-2-8-26-12-17(16-6-5-15(27(29)30)11-20(16)26)21-22(28)25-19-10-14-4-1-3-13(14)9-18(19)24-21/h5-6,9-12H,1-4,7-8,23H2,(H,25,28). The molecule has 0 saturated carbocycles. The van der Waals surface area contributed by atoms with Crippen LogP contribution in [0.2, 0.25) is 0 Å². The second-order valence-electron chi connectivity index (χ2n) is 7.74. The third kappa shape index (κ3) is 2.96. The Balaban J connectivity index is 1.73. The monoisotopic (exact) mass is 403 g/mol. The number of nitro groups is 1. The summed E-state index contributed by atoms with van der Waals surface area (Å²) in [6, 6.07) is 8.79. The first kappa shape index (κ1) is 18.5. The Hall–Kier alpha value is -3.52. The van der Waals surface area contributed by atoms with Crippen molar-refractivity contribution in [3.8, 4) is 11.3 Å². The van der Waals surface area contributed by atoms with Gasteiger partial charge in [0, 0.05) is 35.8 Å². The minimum absolute atomic E-state index is 0.0112. The van der Waals surface area contributed by atoms with Crippen LogP contribution in [0.15, 0.2) is 41.3 Å². The molecule has 30 heavy (non-hydrogen) atoms. The van der Waals surface area contributed by atoms with E-state index in [-0.39, 0.29) is 11.2 Å². The fourth-order valence-corrected chi connectivity index (χ4v) is 4.37. The molecule has 2 aromatic heterocycles. The molecule has 0 amide bonds. The lowest BCUT2D eigenvalue weighted by Crippen LogP contribution is -2.11. The molecular formula is C22H21N5O3. The number of H-pyrrole nitrogens is 1. The third-order valence-corrected chi connectivity index (χ3v) is 5.84. The van der Waals surface area contributed by atoms with Crippen molar-refractivity contribution in [2.45, 2.75) is 32.2 Å². The molecule has 8 heteroatoms. The Labute approximate surface area is 171 Å². The van der Waals surface area contributed by atoms with E-state index in [0.29, 0.717) is 29.9 Å². The molecular weight excluding hydrogens is 382 g/mol. The van der Waals surface area contributed by atoms with Crippen molar-refractivity contribution in [3.05, 3.63) is 68.1 Å². The average Bonchev–Trinajstić information content (AvgIpc) is 3.33. The summed E-state index contributed by atoms with van der Waals surface area (Å²) >= 11 is 0. The van der Waals surface area contributed by atoms with Crippen molar-refractivity contribution in [2.24, 2.45) is 5.73 Å². The van der Waals surface area contributed by atoms with E-state index in [9.17, 15) is 14.9 Å². The Morgan fingerprint density at radius 3 is 2.77 bits per heavy atom. The quantitative estimate of drug-likeness (QED) is 0.391. The van der Waals surface area contributed by atoms with Gasteiger partial charge in [-0.2, -0.15) is 0 Å². The van der Waals surface area contributed by atoms with Crippen LogP contribution in [0.4, 0.5) is 5.69 Å². The van der Waals surface area contributed by atoms with Gasteiger partial charge in [-0.05, 0) is 61.6 Å². The molecule has 0 aliphatic heterocycles. The van der Waals surface area contributed by atoms with Gasteiger partial charge in [-0.1, -0.05) is 0 Å². The minimum atomic E-state index is -0.416. The van der Waals surface area contributed by atoms with Gasteiger partial charge in [0.05, 0.1) is 21.5 Å². The van der Waals surface area contributed by atoms with Gasteiger partial charge in [0.2, 0.25) is 0 Å². The molecule has 1 aliphatic rings. The molecule has 8 nitrogen and oxygen atoms in total. The predicted octanol–water partition coefficient (Wildman–Crippen LogP) is 3.29. The van der Waals surface area contributed by atoms with Gasteiger partial charge in [0.25, 0.3) is 11.2 Å². The number of hydrogen-bond acceptors (Lipinski definition) is 5. The number of nitrogens with two attached hydrogens (primary N) is 1. The molecule has 152 valence electrons. The highest BCUT2D eigenvalue weighted by Gasteiger charge is 2.19. The maximum atomic E-state index is 12.9. The van der Waals surface area contributed by atoms with Crippen LogP contribution >= 0.6 is 0 Å². The second-order valence-corrected chi connectivity index (χ2v) is 7.74. The van der Waals surface area contributed by atoms with Crippen molar-refractivity contribution in [1.29, 1.82) is 0 Å². The van der Waals surface area contributed by atoms with E-state index in [4.69, 9.17) is 10.7 Å². The summed E-state index contributed by atoms with van der Waals surface area (Å²) < 4.78 is 1.92. The number of non-ortho nitro benzene ring substituents is 1. The van der Waals surface area contributed by atoms with Gasteiger partial charge >= 0.3 is 0 Å². The van der Waals surface area contributed by atoms with Gasteiger partial charge in [-0.25, -0.2) is 4.98 Å². The summed E-state index contributed by atoms with van der Waals surface area (Å²) in [5.41, 5.74) is 11.2. The minimum Gasteiger partial charge on any atom is -0.347 e. The number of benzene rings is 2. The van der Waals surface area contributed by atoms with Crippen LogP contribution in [-0.4, -0.2) is 26.0 Å². The summed E-state index contributed by atoms with van der Waals surface area (Å²) in [6.45, 7) is 1.11. The zero-order valence-electron chi connectivity index (χ0n) is 16.4. The normalized spacial score (nSPS) is 13.2. The van der Waals surface area contributed by atoms with Gasteiger partial charge in [0.1, 0.15) is 5.69 Å². The predicted molar refractivity (Wildman–Crippen MR) is 116 cm³/mol. The number of nitrogens with zero attached hydrogens (tertiary/aromatic N) is 3. The number of rotatable bonds is 5. The van der Waals surface area contributed by atoms with E-state index < -0.39 is 4.92 Å². The number of nitro benzene ring substituents is 1. The van der Waals surface area contributed by atoms with Crippen LogP contribution in [0.25, 0.3) is 33.2 Å². The number of nitrogens with one attached hydrogen (secondary N) is 1. The topological polar surface area (TPSA) is 120 Å². The maximum absolute atomic E-state index is 12.9. The molecule has 3 N–H and O–H groups in total. The van der Waals surface area contributed by atoms with Gasteiger partial charge in [-0.15, -0.1) is 0 Å². The lowest BCUT2D eigenvalue weighted by Gasteiger charge is -2.05. The fraction of sp³-hybridized carbons (Fsp3) is 0.273. The fourth-order valence-electron chi connectivity index (χ4n) is 4.37. The Bertz CT molecular complexity index is 1370. The van der Waals surface area contributed by atoms with Crippen LogP contribution in [0, 0.1) is 10.1 Å². The van der Waals surface area contributed by atoms with Crippen LogP contribution in [0.5, 0.6) is 0 Å². The number of fused-ring (bicyclic) bond motifs is 3. The summed E-state index contributed by atoms with van der Waals surface area (Å²) in [4.78, 5) is 31.4. The zero-order chi connectivity index (χ0) is 20.8. The van der Waals surface area contributed by atoms with Crippen molar-refractivity contribution in [3.63, 3.8) is 0 Å². The largest absolute Gasteiger partial charge is 0.347 e. The highest BCUT2D eigenvalue weighted by molar-refractivity contribution is 5.97. The van der Waals surface area contributed by atoms with E-state index in [0.717, 1.165) is 42.1 Å².